The number of methoxy groups -OCH3 is 1. The van der Waals surface area contributed by atoms with Crippen LogP contribution >= 0.6 is 34.5 Å². The van der Waals surface area contributed by atoms with Gasteiger partial charge in [-0.1, -0.05) is 23.2 Å². The fourth-order valence-electron chi connectivity index (χ4n) is 1.85. The summed E-state index contributed by atoms with van der Waals surface area (Å²) in [5.74, 6) is -1.67. The number of aromatic nitrogens is 2. The van der Waals surface area contributed by atoms with Crippen molar-refractivity contribution in [3.05, 3.63) is 27.4 Å². The zero-order valence-corrected chi connectivity index (χ0v) is 13.6. The minimum atomic E-state index is -1.18. The summed E-state index contributed by atoms with van der Waals surface area (Å²) in [5, 5.41) is -0.384. The number of carbonyl (C=O) groups is 1. The third-order valence-corrected chi connectivity index (χ3v) is 4.61. The van der Waals surface area contributed by atoms with E-state index < -0.39 is 17.4 Å². The second-order valence-electron chi connectivity index (χ2n) is 4.65. The number of nitrogens with zero attached hydrogens (tertiary/aromatic N) is 2. The minimum Gasteiger partial charge on any atom is -0.466 e. The molecule has 0 unspecified atom stereocenters. The van der Waals surface area contributed by atoms with Gasteiger partial charge in [0, 0.05) is 12.8 Å². The highest BCUT2D eigenvalue weighted by Gasteiger charge is 2.55. The van der Waals surface area contributed by atoms with E-state index in [1.165, 1.54) is 18.4 Å². The lowest BCUT2D eigenvalue weighted by Crippen LogP contribution is -2.31. The van der Waals surface area contributed by atoms with Gasteiger partial charge in [0.05, 0.1) is 16.3 Å². The van der Waals surface area contributed by atoms with E-state index in [2.05, 4.69) is 14.7 Å². The molecule has 1 saturated carbocycles. The molecule has 0 spiro atoms. The van der Waals surface area contributed by atoms with E-state index in [4.69, 9.17) is 27.9 Å². The molecule has 3 rings (SSSR count). The fraction of sp³-hybridized carbons (Fsp3) is 0.308. The first-order valence-corrected chi connectivity index (χ1v) is 7.78. The van der Waals surface area contributed by atoms with E-state index in [1.54, 1.807) is 12.1 Å². The molecule has 2 aromatic rings. The number of hydrogen-bond donors (Lipinski definition) is 0. The summed E-state index contributed by atoms with van der Waals surface area (Å²) in [6, 6.07) is 3.35. The van der Waals surface area contributed by atoms with Crippen LogP contribution in [-0.2, 0) is 9.53 Å². The molecule has 2 aromatic heterocycles. The van der Waals surface area contributed by atoms with Crippen LogP contribution in [0.2, 0.25) is 9.49 Å². The van der Waals surface area contributed by atoms with E-state index in [9.17, 15) is 9.18 Å². The second-order valence-corrected chi connectivity index (χ2v) is 6.72. The average molecular weight is 363 g/mol. The molecule has 0 bridgehead atoms. The fourth-order valence-corrected chi connectivity index (χ4v) is 2.98. The number of thiophene rings is 1. The Labute approximate surface area is 139 Å². The van der Waals surface area contributed by atoms with Crippen molar-refractivity contribution in [3.8, 4) is 16.6 Å². The number of hydrogen-bond acceptors (Lipinski definition) is 6. The van der Waals surface area contributed by atoms with Gasteiger partial charge in [0.15, 0.2) is 11.0 Å². The van der Waals surface area contributed by atoms with E-state index >= 15 is 0 Å². The van der Waals surface area contributed by atoms with Gasteiger partial charge in [0.25, 0.3) is 5.88 Å². The summed E-state index contributed by atoms with van der Waals surface area (Å²) in [7, 11) is 1.24. The number of carbonyl (C=O) groups excluding carboxylic acids is 1. The van der Waals surface area contributed by atoms with Gasteiger partial charge in [-0.3, -0.25) is 0 Å². The molecule has 5 nitrogen and oxygen atoms in total. The molecular weight excluding hydrogens is 354 g/mol. The van der Waals surface area contributed by atoms with Gasteiger partial charge in [-0.15, -0.1) is 11.3 Å². The van der Waals surface area contributed by atoms with Crippen molar-refractivity contribution in [2.24, 2.45) is 0 Å². The van der Waals surface area contributed by atoms with Crippen LogP contribution in [-0.4, -0.2) is 28.6 Å². The van der Waals surface area contributed by atoms with Crippen LogP contribution in [0.4, 0.5) is 4.39 Å². The zero-order valence-electron chi connectivity index (χ0n) is 11.2. The summed E-state index contributed by atoms with van der Waals surface area (Å²) in [5.41, 5.74) is -1.18. The molecule has 22 heavy (non-hydrogen) atoms. The molecule has 9 heteroatoms. The van der Waals surface area contributed by atoms with Gasteiger partial charge in [0.1, 0.15) is 0 Å². The van der Waals surface area contributed by atoms with Crippen molar-refractivity contribution in [3.63, 3.8) is 0 Å². The average Bonchev–Trinajstić information content (AvgIpc) is 3.15. The van der Waals surface area contributed by atoms with Gasteiger partial charge >= 0.3 is 5.97 Å². The lowest BCUT2D eigenvalue weighted by Gasteiger charge is -2.15. The van der Waals surface area contributed by atoms with Crippen molar-refractivity contribution < 1.29 is 18.7 Å². The highest BCUT2D eigenvalue weighted by Crippen LogP contribution is 2.42. The SMILES string of the molecule is COC(=O)C1(Oc2nc(-c3ccc(Cl)s3)nc(Cl)c2F)CC1. The predicted octanol–water partition coefficient (Wildman–Crippen LogP) is 3.74. The Morgan fingerprint density at radius 1 is 1.36 bits per heavy atom. The Hall–Kier alpha value is -1.44. The van der Waals surface area contributed by atoms with E-state index in [0.717, 1.165) is 0 Å². The Morgan fingerprint density at radius 2 is 2.09 bits per heavy atom. The first-order chi connectivity index (χ1) is 10.4. The maximum absolute atomic E-state index is 14.1. The second kappa shape index (κ2) is 5.64. The number of ether oxygens (including phenoxy) is 2. The van der Waals surface area contributed by atoms with Crippen LogP contribution in [0.3, 0.4) is 0 Å². The molecule has 0 amide bonds. The first-order valence-electron chi connectivity index (χ1n) is 6.21. The normalized spacial score (nSPS) is 15.5. The minimum absolute atomic E-state index is 0.180. The van der Waals surface area contributed by atoms with Crippen LogP contribution in [0, 0.1) is 5.82 Å². The number of halogens is 3. The highest BCUT2D eigenvalue weighted by atomic mass is 35.5. The molecular formula is C13H9Cl2FN2O3S. The lowest BCUT2D eigenvalue weighted by atomic mass is 10.3. The Balaban J connectivity index is 1.97. The molecule has 0 N–H and O–H groups in total. The van der Waals surface area contributed by atoms with Gasteiger partial charge in [0.2, 0.25) is 11.4 Å². The van der Waals surface area contributed by atoms with Gasteiger partial charge in [-0.25, -0.2) is 9.78 Å². The van der Waals surface area contributed by atoms with Crippen LogP contribution in [0.1, 0.15) is 12.8 Å². The Morgan fingerprint density at radius 3 is 2.64 bits per heavy atom. The summed E-state index contributed by atoms with van der Waals surface area (Å²) < 4.78 is 24.7. The number of esters is 1. The third-order valence-electron chi connectivity index (χ3n) is 3.13. The van der Waals surface area contributed by atoms with Crippen molar-refractivity contribution in [1.82, 2.24) is 9.97 Å². The zero-order chi connectivity index (χ0) is 15.9. The van der Waals surface area contributed by atoms with E-state index in [0.29, 0.717) is 22.1 Å². The molecule has 116 valence electrons. The quantitative estimate of drug-likeness (QED) is 0.612. The van der Waals surface area contributed by atoms with Gasteiger partial charge in [-0.2, -0.15) is 9.37 Å². The van der Waals surface area contributed by atoms with Crippen molar-refractivity contribution in [2.45, 2.75) is 18.4 Å². The van der Waals surface area contributed by atoms with Gasteiger partial charge in [-0.05, 0) is 12.1 Å². The monoisotopic (exact) mass is 362 g/mol. The molecule has 1 aliphatic carbocycles. The highest BCUT2D eigenvalue weighted by molar-refractivity contribution is 7.19. The molecule has 0 atom stereocenters. The summed E-state index contributed by atoms with van der Waals surface area (Å²) in [6.45, 7) is 0. The smallest absolute Gasteiger partial charge is 0.350 e. The lowest BCUT2D eigenvalue weighted by molar-refractivity contribution is -0.151. The molecule has 2 heterocycles. The van der Waals surface area contributed by atoms with E-state index in [-0.39, 0.29) is 16.9 Å². The third kappa shape index (κ3) is 2.76. The summed E-state index contributed by atoms with van der Waals surface area (Å²) in [6.07, 6.45) is 0.863. The summed E-state index contributed by atoms with van der Waals surface area (Å²) in [4.78, 5) is 20.2. The predicted molar refractivity (Wildman–Crippen MR) is 79.9 cm³/mol. The Kier molecular flexibility index (Phi) is 3.96. The standard InChI is InChI=1S/C13H9Cl2FN2O3S/c1-20-12(19)13(4-5-13)21-11-8(16)9(15)17-10(18-11)6-2-3-7(14)22-6/h2-3H,4-5H2,1H3. The van der Waals surface area contributed by atoms with Crippen molar-refractivity contribution >= 4 is 40.5 Å². The molecule has 0 aliphatic heterocycles. The Bertz CT molecular complexity index is 749. The molecule has 1 aliphatic rings. The van der Waals surface area contributed by atoms with Crippen LogP contribution < -0.4 is 4.74 Å². The van der Waals surface area contributed by atoms with Crippen LogP contribution in [0.15, 0.2) is 12.1 Å². The van der Waals surface area contributed by atoms with Crippen molar-refractivity contribution in [1.29, 1.82) is 0 Å². The molecule has 0 aromatic carbocycles. The van der Waals surface area contributed by atoms with E-state index in [1.807, 2.05) is 0 Å². The van der Waals surface area contributed by atoms with Crippen LogP contribution in [0.25, 0.3) is 10.7 Å². The maximum atomic E-state index is 14.1. The molecule has 0 saturated heterocycles. The molecule has 1 fully saturated rings. The van der Waals surface area contributed by atoms with Gasteiger partial charge < -0.3 is 9.47 Å². The molecule has 0 radical (unpaired) electrons. The number of rotatable bonds is 4. The topological polar surface area (TPSA) is 61.3 Å². The first kappa shape index (κ1) is 15.5. The largest absolute Gasteiger partial charge is 0.466 e. The van der Waals surface area contributed by atoms with Crippen molar-refractivity contribution in [2.75, 3.05) is 7.11 Å². The summed E-state index contributed by atoms with van der Waals surface area (Å²) >= 11 is 12.9. The van der Waals surface area contributed by atoms with Crippen LogP contribution in [0.5, 0.6) is 5.88 Å². The maximum Gasteiger partial charge on any atom is 0.350 e.